The number of rotatable bonds is 2. The highest BCUT2D eigenvalue weighted by Gasteiger charge is 2.01. The number of hydrogen-bond donors (Lipinski definition) is 2. The van der Waals surface area contributed by atoms with Gasteiger partial charge in [-0.25, -0.2) is 14.8 Å². The third-order valence-electron chi connectivity index (χ3n) is 1.98. The summed E-state index contributed by atoms with van der Waals surface area (Å²) in [6.45, 7) is 0.497. The van der Waals surface area contributed by atoms with E-state index in [1.807, 2.05) is 6.07 Å². The maximum Gasteiger partial charge on any atom is 0.373 e. The van der Waals surface area contributed by atoms with Crippen molar-refractivity contribution >= 4 is 29.2 Å². The zero-order valence-electron chi connectivity index (χ0n) is 9.75. The summed E-state index contributed by atoms with van der Waals surface area (Å²) in [5.74, 6) is -1.27. The van der Waals surface area contributed by atoms with Crippen molar-refractivity contribution in [3.8, 4) is 0 Å². The number of benzene rings is 1. The topological polar surface area (TPSA) is 89.1 Å². The molecule has 1 heterocycles. The minimum absolute atomic E-state index is 0.169. The summed E-state index contributed by atoms with van der Waals surface area (Å²) in [4.78, 5) is 17.0. The minimum atomic E-state index is -1.10. The molecular formula is C12H11Cl2N3O2. The number of carboxylic acid groups (broad SMARTS) is 1. The van der Waals surface area contributed by atoms with E-state index >= 15 is 0 Å². The van der Waals surface area contributed by atoms with Crippen molar-refractivity contribution in [3.05, 3.63) is 58.1 Å². The first kappa shape index (κ1) is 15.4. The third kappa shape index (κ3) is 5.21. The van der Waals surface area contributed by atoms with Crippen molar-refractivity contribution < 1.29 is 9.90 Å². The molecule has 2 rings (SSSR count). The van der Waals surface area contributed by atoms with Gasteiger partial charge in [0, 0.05) is 18.9 Å². The van der Waals surface area contributed by atoms with Gasteiger partial charge in [0.2, 0.25) is 5.82 Å². The molecule has 0 aliphatic carbocycles. The van der Waals surface area contributed by atoms with Crippen molar-refractivity contribution in [2.24, 2.45) is 5.73 Å². The van der Waals surface area contributed by atoms with E-state index in [9.17, 15) is 4.79 Å². The van der Waals surface area contributed by atoms with Crippen LogP contribution >= 0.6 is 23.2 Å². The Morgan fingerprint density at radius 1 is 1.21 bits per heavy atom. The molecule has 0 saturated heterocycles. The van der Waals surface area contributed by atoms with E-state index in [2.05, 4.69) is 9.97 Å². The maximum atomic E-state index is 10.1. The zero-order valence-corrected chi connectivity index (χ0v) is 11.3. The maximum absolute atomic E-state index is 10.1. The molecule has 0 amide bonds. The quantitative estimate of drug-likeness (QED) is 0.890. The van der Waals surface area contributed by atoms with Gasteiger partial charge in [-0.15, -0.1) is 0 Å². The second-order valence-corrected chi connectivity index (χ2v) is 4.14. The summed E-state index contributed by atoms with van der Waals surface area (Å²) in [5, 5.41) is 9.39. The van der Waals surface area contributed by atoms with E-state index in [0.29, 0.717) is 16.6 Å². The molecule has 19 heavy (non-hydrogen) atoms. The average molecular weight is 300 g/mol. The summed E-state index contributed by atoms with van der Waals surface area (Å²) in [7, 11) is 0. The molecule has 0 fully saturated rings. The Morgan fingerprint density at radius 2 is 1.84 bits per heavy atom. The molecule has 5 nitrogen and oxygen atoms in total. The van der Waals surface area contributed by atoms with Gasteiger partial charge in [-0.3, -0.25) is 0 Å². The lowest BCUT2D eigenvalue weighted by Gasteiger charge is -1.97. The molecule has 0 atom stereocenters. The normalized spacial score (nSPS) is 9.42. The standard InChI is InChI=1S/C7H7Cl2N.C5H4N2O2/c8-6-2-1-5(4-10)3-7(6)9;8-5(9)4-6-2-1-3-7-4/h1-3H,4,10H2;1-3H,(H,8,9). The summed E-state index contributed by atoms with van der Waals surface area (Å²) >= 11 is 11.4. The van der Waals surface area contributed by atoms with Gasteiger partial charge >= 0.3 is 5.97 Å². The molecule has 0 bridgehead atoms. The monoisotopic (exact) mass is 299 g/mol. The molecule has 0 unspecified atom stereocenters. The molecule has 0 saturated carbocycles. The van der Waals surface area contributed by atoms with Crippen LogP contribution in [0, 0.1) is 0 Å². The second kappa shape index (κ2) is 7.68. The van der Waals surface area contributed by atoms with E-state index in [1.54, 1.807) is 18.2 Å². The van der Waals surface area contributed by atoms with E-state index in [0.717, 1.165) is 5.56 Å². The fourth-order valence-corrected chi connectivity index (χ4v) is 1.40. The largest absolute Gasteiger partial charge is 0.475 e. The average Bonchev–Trinajstić information content (AvgIpc) is 2.43. The first-order valence-corrected chi connectivity index (χ1v) is 5.94. The Bertz CT molecular complexity index is 550. The van der Waals surface area contributed by atoms with Gasteiger partial charge in [-0.05, 0) is 23.8 Å². The van der Waals surface area contributed by atoms with Crippen LogP contribution in [0.3, 0.4) is 0 Å². The van der Waals surface area contributed by atoms with Crippen LogP contribution in [0.4, 0.5) is 0 Å². The first-order chi connectivity index (χ1) is 9.04. The molecule has 1 aromatic heterocycles. The van der Waals surface area contributed by atoms with Crippen molar-refractivity contribution in [2.45, 2.75) is 6.54 Å². The predicted molar refractivity (Wildman–Crippen MR) is 73.3 cm³/mol. The summed E-state index contributed by atoms with van der Waals surface area (Å²) < 4.78 is 0. The van der Waals surface area contributed by atoms with Crippen LogP contribution < -0.4 is 5.73 Å². The molecular weight excluding hydrogens is 289 g/mol. The predicted octanol–water partition coefficient (Wildman–Crippen LogP) is 2.63. The molecule has 0 aliphatic heterocycles. The zero-order chi connectivity index (χ0) is 14.3. The number of aromatic nitrogens is 2. The lowest BCUT2D eigenvalue weighted by Crippen LogP contribution is -2.01. The van der Waals surface area contributed by atoms with Gasteiger partial charge in [0.25, 0.3) is 0 Å². The summed E-state index contributed by atoms with van der Waals surface area (Å²) in [6.07, 6.45) is 2.77. The van der Waals surface area contributed by atoms with E-state index in [1.165, 1.54) is 12.4 Å². The van der Waals surface area contributed by atoms with Gasteiger partial charge in [0.1, 0.15) is 0 Å². The van der Waals surface area contributed by atoms with Crippen molar-refractivity contribution in [1.29, 1.82) is 0 Å². The molecule has 100 valence electrons. The molecule has 0 spiro atoms. The van der Waals surface area contributed by atoms with Crippen LogP contribution in [-0.2, 0) is 6.54 Å². The van der Waals surface area contributed by atoms with E-state index in [-0.39, 0.29) is 5.82 Å². The SMILES string of the molecule is NCc1ccc(Cl)c(Cl)c1.O=C(O)c1ncccn1. The van der Waals surface area contributed by atoms with E-state index < -0.39 is 5.97 Å². The van der Waals surface area contributed by atoms with Gasteiger partial charge in [-0.1, -0.05) is 29.3 Å². The van der Waals surface area contributed by atoms with Crippen LogP contribution in [-0.4, -0.2) is 21.0 Å². The molecule has 0 aliphatic rings. The second-order valence-electron chi connectivity index (χ2n) is 3.33. The van der Waals surface area contributed by atoms with Crippen molar-refractivity contribution in [2.75, 3.05) is 0 Å². The Hall–Kier alpha value is -1.69. The number of halogens is 2. The van der Waals surface area contributed by atoms with Gasteiger partial charge in [-0.2, -0.15) is 0 Å². The highest BCUT2D eigenvalue weighted by molar-refractivity contribution is 6.42. The first-order valence-electron chi connectivity index (χ1n) is 5.19. The van der Waals surface area contributed by atoms with Gasteiger partial charge in [0.15, 0.2) is 0 Å². The number of aromatic carboxylic acids is 1. The van der Waals surface area contributed by atoms with Crippen LogP contribution in [0.25, 0.3) is 0 Å². The Morgan fingerprint density at radius 3 is 2.26 bits per heavy atom. The lowest BCUT2D eigenvalue weighted by molar-refractivity contribution is 0.0683. The summed E-state index contributed by atoms with van der Waals surface area (Å²) in [5.41, 5.74) is 6.36. The molecule has 7 heteroatoms. The third-order valence-corrected chi connectivity index (χ3v) is 2.72. The molecule has 0 radical (unpaired) electrons. The van der Waals surface area contributed by atoms with Crippen LogP contribution in [0.5, 0.6) is 0 Å². The smallest absolute Gasteiger partial charge is 0.373 e. The summed E-state index contributed by atoms with van der Waals surface area (Å²) in [6, 6.07) is 6.93. The lowest BCUT2D eigenvalue weighted by atomic mass is 10.2. The highest BCUT2D eigenvalue weighted by Crippen LogP contribution is 2.22. The molecule has 1 aromatic carbocycles. The molecule has 3 N–H and O–H groups in total. The fourth-order valence-electron chi connectivity index (χ4n) is 1.08. The molecule has 2 aromatic rings. The fraction of sp³-hybridized carbons (Fsp3) is 0.0833. The van der Waals surface area contributed by atoms with Crippen LogP contribution in [0.1, 0.15) is 16.2 Å². The van der Waals surface area contributed by atoms with Crippen molar-refractivity contribution in [3.63, 3.8) is 0 Å². The Kier molecular flexibility index (Phi) is 6.21. The number of carboxylic acids is 1. The minimum Gasteiger partial charge on any atom is -0.475 e. The van der Waals surface area contributed by atoms with E-state index in [4.69, 9.17) is 34.0 Å². The van der Waals surface area contributed by atoms with Gasteiger partial charge in [0.05, 0.1) is 10.0 Å². The number of carbonyl (C=O) groups is 1. The Balaban J connectivity index is 0.000000191. The highest BCUT2D eigenvalue weighted by atomic mass is 35.5. The number of hydrogen-bond acceptors (Lipinski definition) is 4. The van der Waals surface area contributed by atoms with Crippen LogP contribution in [0.2, 0.25) is 10.0 Å². The van der Waals surface area contributed by atoms with Crippen LogP contribution in [0.15, 0.2) is 36.7 Å². The number of nitrogens with two attached hydrogens (primary N) is 1. The van der Waals surface area contributed by atoms with Crippen molar-refractivity contribution in [1.82, 2.24) is 9.97 Å². The Labute approximate surface area is 120 Å². The van der Waals surface area contributed by atoms with Gasteiger partial charge < -0.3 is 10.8 Å². The number of nitrogens with zero attached hydrogens (tertiary/aromatic N) is 2.